The first-order valence-corrected chi connectivity index (χ1v) is 12.7. The second-order valence-corrected chi connectivity index (χ2v) is 10.4. The number of carbonyl (C=O) groups is 2. The number of halogens is 5. The lowest BCUT2D eigenvalue weighted by atomic mass is 9.67. The zero-order chi connectivity index (χ0) is 26.7. The fourth-order valence-electron chi connectivity index (χ4n) is 5.05. The van der Waals surface area contributed by atoms with Crippen LogP contribution in [0.15, 0.2) is 46.9 Å². The first kappa shape index (κ1) is 27.5. The second kappa shape index (κ2) is 11.5. The number of hydrogen-bond acceptors (Lipinski definition) is 4. The Hall–Kier alpha value is -2.50. The van der Waals surface area contributed by atoms with E-state index in [1.165, 1.54) is 0 Å². The number of rotatable bonds is 7. The topological polar surface area (TPSA) is 84.9 Å². The third kappa shape index (κ3) is 6.69. The summed E-state index contributed by atoms with van der Waals surface area (Å²) >= 11 is 3.36. The van der Waals surface area contributed by atoms with Crippen LogP contribution < -0.4 is 5.32 Å². The lowest BCUT2D eigenvalue weighted by Gasteiger charge is -2.39. The Labute approximate surface area is 219 Å². The van der Waals surface area contributed by atoms with Crippen LogP contribution in [0.4, 0.5) is 23.2 Å². The lowest BCUT2D eigenvalue weighted by Crippen LogP contribution is -2.45. The minimum Gasteiger partial charge on any atom is -0.481 e. The molecule has 1 heterocycles. The molecule has 1 saturated carbocycles. The molecule has 2 N–H and O–H groups in total. The molecule has 2 aliphatic rings. The number of hydrogen-bond donors (Lipinski definition) is 2. The summed E-state index contributed by atoms with van der Waals surface area (Å²) in [4.78, 5) is 25.7. The molecular weight excluding hydrogens is 562 g/mol. The number of amides is 1. The van der Waals surface area contributed by atoms with Gasteiger partial charge in [-0.05, 0) is 55.2 Å². The van der Waals surface area contributed by atoms with E-state index in [0.717, 1.165) is 17.0 Å². The standard InChI is InChI=1S/C26H26BrF4NO5/c27-17-4-1-15(2-5-17)19-10-18(37-13-14-7-8-36-12-14)11-20(23(19)25(34)35)24(33)32-22-6-3-16(9-21(22)28)26(29,30)31/h1-6,9,14,18-20,23H,7-8,10-13H2,(H,32,33)(H,34,35)/t14-,18+,19+,20+,23+/m0/s1. The molecule has 1 aliphatic carbocycles. The van der Waals surface area contributed by atoms with Crippen LogP contribution >= 0.6 is 15.9 Å². The van der Waals surface area contributed by atoms with Crippen LogP contribution in [0, 0.1) is 23.6 Å². The van der Waals surface area contributed by atoms with Crippen molar-refractivity contribution in [3.63, 3.8) is 0 Å². The summed E-state index contributed by atoms with van der Waals surface area (Å²) in [5, 5.41) is 12.4. The minimum absolute atomic E-state index is 0.0751. The van der Waals surface area contributed by atoms with Gasteiger partial charge in [-0.3, -0.25) is 9.59 Å². The van der Waals surface area contributed by atoms with E-state index < -0.39 is 59.0 Å². The van der Waals surface area contributed by atoms with Gasteiger partial charge in [-0.1, -0.05) is 28.1 Å². The highest BCUT2D eigenvalue weighted by atomic mass is 79.9. The number of carbonyl (C=O) groups excluding carboxylic acids is 1. The second-order valence-electron chi connectivity index (χ2n) is 9.47. The first-order chi connectivity index (χ1) is 17.5. The fourth-order valence-corrected chi connectivity index (χ4v) is 5.31. The van der Waals surface area contributed by atoms with Gasteiger partial charge in [0.15, 0.2) is 0 Å². The minimum atomic E-state index is -4.74. The van der Waals surface area contributed by atoms with Crippen molar-refractivity contribution >= 4 is 33.5 Å². The number of alkyl halides is 3. The normalized spacial score (nSPS) is 26.1. The van der Waals surface area contributed by atoms with E-state index >= 15 is 0 Å². The summed E-state index contributed by atoms with van der Waals surface area (Å²) in [6.07, 6.45) is -3.90. The summed E-state index contributed by atoms with van der Waals surface area (Å²) in [5.74, 6) is -5.85. The molecule has 11 heteroatoms. The average molecular weight is 588 g/mol. The third-order valence-corrected chi connectivity index (χ3v) is 7.50. The van der Waals surface area contributed by atoms with Crippen molar-refractivity contribution < 1.29 is 41.7 Å². The van der Waals surface area contributed by atoms with Crippen molar-refractivity contribution in [1.82, 2.24) is 0 Å². The molecule has 1 saturated heterocycles. The van der Waals surface area contributed by atoms with Crippen LogP contribution in [-0.4, -0.2) is 42.9 Å². The maximum atomic E-state index is 14.4. The largest absolute Gasteiger partial charge is 0.481 e. The van der Waals surface area contributed by atoms with Gasteiger partial charge in [0.05, 0.1) is 42.4 Å². The van der Waals surface area contributed by atoms with E-state index in [4.69, 9.17) is 9.47 Å². The smallest absolute Gasteiger partial charge is 0.416 e. The van der Waals surface area contributed by atoms with E-state index in [-0.39, 0.29) is 12.3 Å². The summed E-state index contributed by atoms with van der Waals surface area (Å²) < 4.78 is 65.5. The van der Waals surface area contributed by atoms with E-state index in [2.05, 4.69) is 21.2 Å². The van der Waals surface area contributed by atoms with Crippen LogP contribution in [0.25, 0.3) is 0 Å². The van der Waals surface area contributed by atoms with Gasteiger partial charge in [0.1, 0.15) is 5.82 Å². The van der Waals surface area contributed by atoms with Gasteiger partial charge < -0.3 is 19.9 Å². The third-order valence-electron chi connectivity index (χ3n) is 6.97. The van der Waals surface area contributed by atoms with Gasteiger partial charge in [-0.2, -0.15) is 13.2 Å². The molecule has 0 spiro atoms. The van der Waals surface area contributed by atoms with Crippen LogP contribution in [0.1, 0.15) is 36.3 Å². The van der Waals surface area contributed by atoms with Crippen molar-refractivity contribution in [3.05, 3.63) is 63.9 Å². The van der Waals surface area contributed by atoms with Gasteiger partial charge >= 0.3 is 12.1 Å². The fraction of sp³-hybridized carbons (Fsp3) is 0.462. The predicted octanol–water partition coefficient (Wildman–Crippen LogP) is 5.86. The molecule has 6 nitrogen and oxygen atoms in total. The maximum Gasteiger partial charge on any atom is 0.416 e. The number of benzene rings is 2. The number of aliphatic carboxylic acids is 1. The van der Waals surface area contributed by atoms with Gasteiger partial charge in [0.2, 0.25) is 5.91 Å². The van der Waals surface area contributed by atoms with E-state index in [9.17, 15) is 32.3 Å². The van der Waals surface area contributed by atoms with Crippen LogP contribution in [0.5, 0.6) is 0 Å². The van der Waals surface area contributed by atoms with Gasteiger partial charge in [-0.25, -0.2) is 4.39 Å². The summed E-state index contributed by atoms with van der Waals surface area (Å²) in [7, 11) is 0. The molecule has 0 aromatic heterocycles. The summed E-state index contributed by atoms with van der Waals surface area (Å²) in [5.41, 5.74) is -0.927. The van der Waals surface area contributed by atoms with Crippen molar-refractivity contribution in [2.45, 2.75) is 37.5 Å². The molecule has 200 valence electrons. The molecular formula is C26H26BrF4NO5. The molecule has 37 heavy (non-hydrogen) atoms. The van der Waals surface area contributed by atoms with Crippen molar-refractivity contribution in [3.8, 4) is 0 Å². The molecule has 2 fully saturated rings. The number of carboxylic acid groups (broad SMARTS) is 1. The maximum absolute atomic E-state index is 14.4. The van der Waals surface area contributed by atoms with Gasteiger partial charge in [0.25, 0.3) is 0 Å². The Morgan fingerprint density at radius 2 is 1.86 bits per heavy atom. The van der Waals surface area contributed by atoms with E-state index in [1.54, 1.807) is 24.3 Å². The molecule has 5 atom stereocenters. The molecule has 2 aromatic carbocycles. The Morgan fingerprint density at radius 3 is 2.46 bits per heavy atom. The van der Waals surface area contributed by atoms with Crippen molar-refractivity contribution in [1.29, 1.82) is 0 Å². The Bertz CT molecular complexity index is 1120. The number of anilines is 1. The number of carboxylic acids is 1. The zero-order valence-electron chi connectivity index (χ0n) is 19.6. The number of nitrogens with one attached hydrogen (secondary N) is 1. The molecule has 1 amide bonds. The van der Waals surface area contributed by atoms with E-state index in [0.29, 0.717) is 43.9 Å². The molecule has 2 aromatic rings. The van der Waals surface area contributed by atoms with Gasteiger partial charge in [0, 0.05) is 22.9 Å². The highest BCUT2D eigenvalue weighted by molar-refractivity contribution is 9.10. The predicted molar refractivity (Wildman–Crippen MR) is 129 cm³/mol. The lowest BCUT2D eigenvalue weighted by molar-refractivity contribution is -0.152. The van der Waals surface area contributed by atoms with Crippen molar-refractivity contribution in [2.75, 3.05) is 25.1 Å². The van der Waals surface area contributed by atoms with Gasteiger partial charge in [-0.15, -0.1) is 0 Å². The van der Waals surface area contributed by atoms with E-state index in [1.807, 2.05) is 0 Å². The molecule has 4 rings (SSSR count). The number of ether oxygens (including phenoxy) is 2. The average Bonchev–Trinajstić information content (AvgIpc) is 3.37. The molecule has 0 bridgehead atoms. The Kier molecular flexibility index (Phi) is 8.55. The molecule has 1 aliphatic heterocycles. The summed E-state index contributed by atoms with van der Waals surface area (Å²) in [6, 6.07) is 8.90. The molecule has 0 unspecified atom stereocenters. The highest BCUT2D eigenvalue weighted by Gasteiger charge is 2.46. The van der Waals surface area contributed by atoms with Crippen molar-refractivity contribution in [2.24, 2.45) is 17.8 Å². The quantitative estimate of drug-likeness (QED) is 0.396. The monoisotopic (exact) mass is 587 g/mol. The SMILES string of the molecule is O=C(O)[C@@H]1[C@@H](c2ccc(Br)cc2)C[C@@H](OC[C@H]2CCOC2)C[C@H]1C(=O)Nc1ccc(C(F)(F)F)cc1F. The first-order valence-electron chi connectivity index (χ1n) is 11.9. The Balaban J connectivity index is 1.60. The van der Waals surface area contributed by atoms with Crippen LogP contribution in [0.2, 0.25) is 0 Å². The van der Waals surface area contributed by atoms with Crippen LogP contribution in [0.3, 0.4) is 0 Å². The van der Waals surface area contributed by atoms with Crippen LogP contribution in [-0.2, 0) is 25.2 Å². The summed E-state index contributed by atoms with van der Waals surface area (Å²) in [6.45, 7) is 1.61. The highest BCUT2D eigenvalue weighted by Crippen LogP contribution is 2.44. The zero-order valence-corrected chi connectivity index (χ0v) is 21.2. The molecule has 0 radical (unpaired) electrons. The Morgan fingerprint density at radius 1 is 1.14 bits per heavy atom.